The first-order valence-corrected chi connectivity index (χ1v) is 7.64. The summed E-state index contributed by atoms with van der Waals surface area (Å²) in [5, 5.41) is 0.756. The topological polar surface area (TPSA) is 35.2 Å². The third-order valence-corrected chi connectivity index (χ3v) is 4.27. The van der Waals surface area contributed by atoms with Crippen LogP contribution in [0.2, 0.25) is 5.02 Å². The van der Waals surface area contributed by atoms with Gasteiger partial charge < -0.3 is 10.5 Å². The zero-order valence-corrected chi connectivity index (χ0v) is 13.8. The number of halogens is 2. The van der Waals surface area contributed by atoms with Crippen molar-refractivity contribution in [2.75, 3.05) is 6.61 Å². The fraction of sp³-hybridized carbons (Fsp3) is 0.250. The molecule has 0 heterocycles. The van der Waals surface area contributed by atoms with Crippen molar-refractivity contribution in [1.82, 2.24) is 0 Å². The van der Waals surface area contributed by atoms with E-state index in [0.29, 0.717) is 6.61 Å². The average Bonchev–Trinajstić information content (AvgIpc) is 2.42. The lowest BCUT2D eigenvalue weighted by molar-refractivity contribution is 0.340. The highest BCUT2D eigenvalue weighted by atomic mass is 79.9. The molecule has 0 saturated heterocycles. The van der Waals surface area contributed by atoms with Crippen LogP contribution in [-0.2, 0) is 0 Å². The molecule has 106 valence electrons. The first-order valence-electron chi connectivity index (χ1n) is 6.46. The molecule has 1 unspecified atom stereocenters. The second-order valence-corrected chi connectivity index (χ2v) is 5.86. The minimum Gasteiger partial charge on any atom is -0.494 e. The van der Waals surface area contributed by atoms with Crippen LogP contribution in [0.4, 0.5) is 0 Å². The fourth-order valence-corrected chi connectivity index (χ4v) is 2.78. The molecule has 20 heavy (non-hydrogen) atoms. The number of benzene rings is 2. The first kappa shape index (κ1) is 15.4. The van der Waals surface area contributed by atoms with Crippen molar-refractivity contribution in [3.05, 3.63) is 62.6 Å². The fourth-order valence-electron chi connectivity index (χ4n) is 2.06. The van der Waals surface area contributed by atoms with E-state index in [0.717, 1.165) is 31.9 Å². The summed E-state index contributed by atoms with van der Waals surface area (Å²) in [6.07, 6.45) is 0. The van der Waals surface area contributed by atoms with E-state index < -0.39 is 0 Å². The Hall–Kier alpha value is -1.03. The van der Waals surface area contributed by atoms with Gasteiger partial charge in [0.05, 0.1) is 12.6 Å². The van der Waals surface area contributed by atoms with Crippen LogP contribution in [0, 0.1) is 6.92 Å². The number of nitrogens with two attached hydrogens (primary N) is 1. The Labute approximate surface area is 133 Å². The molecule has 0 aliphatic heterocycles. The third kappa shape index (κ3) is 3.35. The van der Waals surface area contributed by atoms with E-state index in [-0.39, 0.29) is 6.04 Å². The lowest BCUT2D eigenvalue weighted by Crippen LogP contribution is -2.12. The van der Waals surface area contributed by atoms with Gasteiger partial charge in [0.1, 0.15) is 5.75 Å². The second kappa shape index (κ2) is 6.61. The van der Waals surface area contributed by atoms with Crippen LogP contribution in [0.5, 0.6) is 5.75 Å². The van der Waals surface area contributed by atoms with E-state index in [1.807, 2.05) is 50.2 Å². The summed E-state index contributed by atoms with van der Waals surface area (Å²) >= 11 is 9.61. The number of aryl methyl sites for hydroxylation is 1. The monoisotopic (exact) mass is 353 g/mol. The Morgan fingerprint density at radius 2 is 2.00 bits per heavy atom. The summed E-state index contributed by atoms with van der Waals surface area (Å²) in [5.41, 5.74) is 9.44. The molecule has 0 radical (unpaired) electrons. The third-order valence-electron chi connectivity index (χ3n) is 3.16. The van der Waals surface area contributed by atoms with E-state index in [9.17, 15) is 0 Å². The van der Waals surface area contributed by atoms with Gasteiger partial charge in [0.2, 0.25) is 0 Å². The smallest absolute Gasteiger partial charge is 0.120 e. The minimum atomic E-state index is -0.198. The largest absolute Gasteiger partial charge is 0.494 e. The Balaban J connectivity index is 2.32. The lowest BCUT2D eigenvalue weighted by atomic mass is 9.98. The molecular formula is C16H17BrClNO. The van der Waals surface area contributed by atoms with Gasteiger partial charge in [0.25, 0.3) is 0 Å². The molecule has 2 nitrogen and oxygen atoms in total. The van der Waals surface area contributed by atoms with Crippen LogP contribution >= 0.6 is 27.5 Å². The van der Waals surface area contributed by atoms with E-state index in [1.165, 1.54) is 0 Å². The molecule has 0 aromatic heterocycles. The molecule has 0 amide bonds. The first-order chi connectivity index (χ1) is 9.52. The van der Waals surface area contributed by atoms with Crippen molar-refractivity contribution in [1.29, 1.82) is 0 Å². The van der Waals surface area contributed by atoms with Crippen LogP contribution in [0.3, 0.4) is 0 Å². The quantitative estimate of drug-likeness (QED) is 0.851. The van der Waals surface area contributed by atoms with Gasteiger partial charge in [-0.05, 0) is 48.7 Å². The predicted octanol–water partition coefficient (Wildman–Crippen LogP) is 4.86. The van der Waals surface area contributed by atoms with Crippen molar-refractivity contribution in [3.63, 3.8) is 0 Å². The SMILES string of the molecule is CCOc1ccc(C(N)c2ccc(Cl)c(C)c2)c(Br)c1. The highest BCUT2D eigenvalue weighted by Crippen LogP contribution is 2.31. The average molecular weight is 355 g/mol. The maximum absolute atomic E-state index is 6.35. The zero-order chi connectivity index (χ0) is 14.7. The van der Waals surface area contributed by atoms with Gasteiger partial charge in [-0.25, -0.2) is 0 Å². The van der Waals surface area contributed by atoms with Crippen LogP contribution in [0.1, 0.15) is 29.7 Å². The number of hydrogen-bond donors (Lipinski definition) is 1. The summed E-state index contributed by atoms with van der Waals surface area (Å²) in [5.74, 6) is 0.836. The van der Waals surface area contributed by atoms with E-state index >= 15 is 0 Å². The van der Waals surface area contributed by atoms with Crippen LogP contribution in [-0.4, -0.2) is 6.61 Å². The van der Waals surface area contributed by atoms with Gasteiger partial charge in [-0.1, -0.05) is 45.7 Å². The number of rotatable bonds is 4. The summed E-state index contributed by atoms with van der Waals surface area (Å²) in [6.45, 7) is 4.59. The normalized spacial score (nSPS) is 12.2. The maximum atomic E-state index is 6.35. The molecule has 0 bridgehead atoms. The number of hydrogen-bond acceptors (Lipinski definition) is 2. The molecule has 0 aliphatic carbocycles. The molecule has 2 aromatic carbocycles. The van der Waals surface area contributed by atoms with Gasteiger partial charge in [-0.3, -0.25) is 0 Å². The Bertz CT molecular complexity index is 615. The molecule has 1 atom stereocenters. The van der Waals surface area contributed by atoms with Gasteiger partial charge in [0, 0.05) is 9.50 Å². The predicted molar refractivity (Wildman–Crippen MR) is 87.5 cm³/mol. The molecule has 0 saturated carbocycles. The molecule has 2 aromatic rings. The molecule has 2 rings (SSSR count). The van der Waals surface area contributed by atoms with Crippen molar-refractivity contribution in [2.45, 2.75) is 19.9 Å². The van der Waals surface area contributed by atoms with E-state index in [1.54, 1.807) is 0 Å². The Kier molecular flexibility index (Phi) is 5.08. The highest BCUT2D eigenvalue weighted by Gasteiger charge is 2.13. The van der Waals surface area contributed by atoms with Crippen molar-refractivity contribution < 1.29 is 4.74 Å². The lowest BCUT2D eigenvalue weighted by Gasteiger charge is -2.16. The number of ether oxygens (including phenoxy) is 1. The highest BCUT2D eigenvalue weighted by molar-refractivity contribution is 9.10. The molecule has 4 heteroatoms. The summed E-state index contributed by atoms with van der Waals surface area (Å²) in [4.78, 5) is 0. The van der Waals surface area contributed by atoms with E-state index in [4.69, 9.17) is 22.1 Å². The minimum absolute atomic E-state index is 0.198. The Morgan fingerprint density at radius 3 is 2.60 bits per heavy atom. The van der Waals surface area contributed by atoms with Crippen molar-refractivity contribution >= 4 is 27.5 Å². The van der Waals surface area contributed by atoms with Crippen LogP contribution in [0.25, 0.3) is 0 Å². The summed E-state index contributed by atoms with van der Waals surface area (Å²) in [7, 11) is 0. The van der Waals surface area contributed by atoms with Gasteiger partial charge in [-0.15, -0.1) is 0 Å². The Morgan fingerprint density at radius 1 is 1.25 bits per heavy atom. The standard InChI is InChI=1S/C16H17BrClNO/c1-3-20-12-5-6-13(14(17)9-12)16(19)11-4-7-15(18)10(2)8-11/h4-9,16H,3,19H2,1-2H3. The van der Waals surface area contributed by atoms with Gasteiger partial charge >= 0.3 is 0 Å². The van der Waals surface area contributed by atoms with Crippen LogP contribution < -0.4 is 10.5 Å². The van der Waals surface area contributed by atoms with E-state index in [2.05, 4.69) is 15.9 Å². The zero-order valence-electron chi connectivity index (χ0n) is 11.5. The molecular weight excluding hydrogens is 338 g/mol. The molecule has 2 N–H and O–H groups in total. The second-order valence-electron chi connectivity index (χ2n) is 4.60. The van der Waals surface area contributed by atoms with Crippen LogP contribution in [0.15, 0.2) is 40.9 Å². The van der Waals surface area contributed by atoms with Gasteiger partial charge in [-0.2, -0.15) is 0 Å². The summed E-state index contributed by atoms with van der Waals surface area (Å²) < 4.78 is 6.42. The summed E-state index contributed by atoms with van der Waals surface area (Å²) in [6, 6.07) is 11.5. The molecule has 0 spiro atoms. The maximum Gasteiger partial charge on any atom is 0.120 e. The van der Waals surface area contributed by atoms with Crippen molar-refractivity contribution in [2.24, 2.45) is 5.73 Å². The van der Waals surface area contributed by atoms with Crippen molar-refractivity contribution in [3.8, 4) is 5.75 Å². The molecule has 0 aliphatic rings. The van der Waals surface area contributed by atoms with Gasteiger partial charge in [0.15, 0.2) is 0 Å². The molecule has 0 fully saturated rings.